The van der Waals surface area contributed by atoms with Crippen molar-refractivity contribution in [1.29, 1.82) is 0 Å². The van der Waals surface area contributed by atoms with Gasteiger partial charge in [-0.15, -0.1) is 0 Å². The SMILES string of the molecule is CCCC[C@@H](N)c1ccc(F)cc1. The number of nitrogens with two attached hydrogens (primary N) is 1. The molecule has 1 atom stereocenters. The van der Waals surface area contributed by atoms with Crippen LogP contribution in [0.4, 0.5) is 4.39 Å². The molecule has 0 saturated carbocycles. The molecule has 0 unspecified atom stereocenters. The number of rotatable bonds is 4. The lowest BCUT2D eigenvalue weighted by molar-refractivity contribution is 0.597. The van der Waals surface area contributed by atoms with E-state index in [9.17, 15) is 4.39 Å². The summed E-state index contributed by atoms with van der Waals surface area (Å²) in [5.74, 6) is -0.202. The highest BCUT2D eigenvalue weighted by molar-refractivity contribution is 5.19. The van der Waals surface area contributed by atoms with Crippen LogP contribution in [-0.4, -0.2) is 0 Å². The fourth-order valence-corrected chi connectivity index (χ4v) is 1.30. The Kier molecular flexibility index (Phi) is 3.90. The third-order valence-electron chi connectivity index (χ3n) is 2.17. The number of hydrogen-bond acceptors (Lipinski definition) is 1. The molecule has 0 saturated heterocycles. The fourth-order valence-electron chi connectivity index (χ4n) is 1.30. The Morgan fingerprint density at radius 2 is 1.92 bits per heavy atom. The highest BCUT2D eigenvalue weighted by Crippen LogP contribution is 2.16. The molecule has 1 nitrogen and oxygen atoms in total. The molecule has 0 aliphatic heterocycles. The zero-order valence-corrected chi connectivity index (χ0v) is 7.96. The molecule has 1 aromatic rings. The van der Waals surface area contributed by atoms with E-state index in [1.165, 1.54) is 12.1 Å². The summed E-state index contributed by atoms with van der Waals surface area (Å²) < 4.78 is 12.6. The monoisotopic (exact) mass is 181 g/mol. The largest absolute Gasteiger partial charge is 0.324 e. The van der Waals surface area contributed by atoms with E-state index >= 15 is 0 Å². The van der Waals surface area contributed by atoms with E-state index < -0.39 is 0 Å². The minimum atomic E-state index is -0.202. The second-order valence-electron chi connectivity index (χ2n) is 3.30. The summed E-state index contributed by atoms with van der Waals surface area (Å²) in [5, 5.41) is 0. The molecule has 0 fully saturated rings. The van der Waals surface area contributed by atoms with Gasteiger partial charge in [-0.1, -0.05) is 31.9 Å². The van der Waals surface area contributed by atoms with Gasteiger partial charge in [0.2, 0.25) is 0 Å². The Morgan fingerprint density at radius 1 is 1.31 bits per heavy atom. The summed E-state index contributed by atoms with van der Waals surface area (Å²) in [4.78, 5) is 0. The number of unbranched alkanes of at least 4 members (excludes halogenated alkanes) is 1. The predicted octanol–water partition coefficient (Wildman–Crippen LogP) is 3.02. The van der Waals surface area contributed by atoms with E-state index in [1.54, 1.807) is 12.1 Å². The Balaban J connectivity index is 2.55. The van der Waals surface area contributed by atoms with Gasteiger partial charge in [0, 0.05) is 6.04 Å². The molecule has 0 heterocycles. The second kappa shape index (κ2) is 4.97. The van der Waals surface area contributed by atoms with Gasteiger partial charge >= 0.3 is 0 Å². The van der Waals surface area contributed by atoms with Crippen LogP contribution < -0.4 is 5.73 Å². The highest BCUT2D eigenvalue weighted by atomic mass is 19.1. The van der Waals surface area contributed by atoms with Crippen LogP contribution in [-0.2, 0) is 0 Å². The first-order chi connectivity index (χ1) is 6.24. The van der Waals surface area contributed by atoms with Crippen LogP contribution in [0.25, 0.3) is 0 Å². The highest BCUT2D eigenvalue weighted by Gasteiger charge is 2.04. The van der Waals surface area contributed by atoms with Gasteiger partial charge in [-0.2, -0.15) is 0 Å². The first-order valence-corrected chi connectivity index (χ1v) is 4.75. The van der Waals surface area contributed by atoms with Crippen molar-refractivity contribution in [2.75, 3.05) is 0 Å². The molecule has 0 spiro atoms. The summed E-state index contributed by atoms with van der Waals surface area (Å²) in [6, 6.07) is 6.49. The van der Waals surface area contributed by atoms with E-state index in [0.29, 0.717) is 0 Å². The normalized spacial score (nSPS) is 12.8. The standard InChI is InChI=1S/C11H16FN/c1-2-3-4-11(13)9-5-7-10(12)8-6-9/h5-8,11H,2-4,13H2,1H3/t11-/m1/s1. The quantitative estimate of drug-likeness (QED) is 0.759. The maximum Gasteiger partial charge on any atom is 0.123 e. The van der Waals surface area contributed by atoms with Crippen molar-refractivity contribution in [3.8, 4) is 0 Å². The van der Waals surface area contributed by atoms with E-state index in [0.717, 1.165) is 24.8 Å². The molecule has 0 aromatic heterocycles. The van der Waals surface area contributed by atoms with Crippen molar-refractivity contribution in [1.82, 2.24) is 0 Å². The van der Waals surface area contributed by atoms with E-state index in [1.807, 2.05) is 0 Å². The molecule has 1 rings (SSSR count). The van der Waals surface area contributed by atoms with Crippen molar-refractivity contribution < 1.29 is 4.39 Å². The zero-order valence-electron chi connectivity index (χ0n) is 7.96. The summed E-state index contributed by atoms with van der Waals surface area (Å²) in [6.45, 7) is 2.14. The fraction of sp³-hybridized carbons (Fsp3) is 0.455. The second-order valence-corrected chi connectivity index (χ2v) is 3.30. The van der Waals surface area contributed by atoms with Crippen LogP contribution in [0.3, 0.4) is 0 Å². The van der Waals surface area contributed by atoms with Crippen LogP contribution in [0.2, 0.25) is 0 Å². The number of halogens is 1. The van der Waals surface area contributed by atoms with Crippen LogP contribution in [0.1, 0.15) is 37.8 Å². The van der Waals surface area contributed by atoms with Gasteiger partial charge in [0.1, 0.15) is 5.82 Å². The molecule has 0 amide bonds. The van der Waals surface area contributed by atoms with Gasteiger partial charge in [0.15, 0.2) is 0 Å². The minimum absolute atomic E-state index is 0.0561. The van der Waals surface area contributed by atoms with Crippen molar-refractivity contribution in [2.24, 2.45) is 5.73 Å². The summed E-state index contributed by atoms with van der Waals surface area (Å²) in [5.41, 5.74) is 6.93. The molecule has 0 radical (unpaired) electrons. The van der Waals surface area contributed by atoms with Crippen molar-refractivity contribution in [3.63, 3.8) is 0 Å². The Bertz CT molecular complexity index is 243. The topological polar surface area (TPSA) is 26.0 Å². The maximum atomic E-state index is 12.6. The summed E-state index contributed by atoms with van der Waals surface area (Å²) >= 11 is 0. The maximum absolute atomic E-state index is 12.6. The van der Waals surface area contributed by atoms with Gasteiger partial charge < -0.3 is 5.73 Å². The van der Waals surface area contributed by atoms with E-state index in [4.69, 9.17) is 5.73 Å². The molecule has 2 N–H and O–H groups in total. The van der Waals surface area contributed by atoms with Crippen LogP contribution in [0.15, 0.2) is 24.3 Å². The van der Waals surface area contributed by atoms with Crippen molar-refractivity contribution >= 4 is 0 Å². The molecular formula is C11H16FN. The number of hydrogen-bond donors (Lipinski definition) is 1. The third-order valence-corrected chi connectivity index (χ3v) is 2.17. The van der Waals surface area contributed by atoms with Gasteiger partial charge in [-0.3, -0.25) is 0 Å². The molecule has 13 heavy (non-hydrogen) atoms. The van der Waals surface area contributed by atoms with Crippen molar-refractivity contribution in [3.05, 3.63) is 35.6 Å². The summed E-state index contributed by atoms with van der Waals surface area (Å²) in [7, 11) is 0. The van der Waals surface area contributed by atoms with Crippen LogP contribution in [0, 0.1) is 5.82 Å². The van der Waals surface area contributed by atoms with Crippen LogP contribution in [0.5, 0.6) is 0 Å². The lowest BCUT2D eigenvalue weighted by Gasteiger charge is -2.10. The minimum Gasteiger partial charge on any atom is -0.324 e. The van der Waals surface area contributed by atoms with Gasteiger partial charge in [0.25, 0.3) is 0 Å². The average molecular weight is 181 g/mol. The van der Waals surface area contributed by atoms with Crippen LogP contribution >= 0.6 is 0 Å². The van der Waals surface area contributed by atoms with Crippen molar-refractivity contribution in [2.45, 2.75) is 32.2 Å². The first-order valence-electron chi connectivity index (χ1n) is 4.75. The lowest BCUT2D eigenvalue weighted by atomic mass is 10.0. The smallest absolute Gasteiger partial charge is 0.123 e. The Hall–Kier alpha value is -0.890. The Labute approximate surface area is 78.8 Å². The predicted molar refractivity (Wildman–Crippen MR) is 52.9 cm³/mol. The Morgan fingerprint density at radius 3 is 2.46 bits per heavy atom. The van der Waals surface area contributed by atoms with E-state index in [-0.39, 0.29) is 11.9 Å². The zero-order chi connectivity index (χ0) is 9.68. The molecular weight excluding hydrogens is 165 g/mol. The van der Waals surface area contributed by atoms with Gasteiger partial charge in [-0.05, 0) is 24.1 Å². The molecule has 2 heteroatoms. The average Bonchev–Trinajstić information content (AvgIpc) is 2.15. The molecule has 0 aliphatic carbocycles. The van der Waals surface area contributed by atoms with E-state index in [2.05, 4.69) is 6.92 Å². The molecule has 0 bridgehead atoms. The molecule has 1 aromatic carbocycles. The number of benzene rings is 1. The van der Waals surface area contributed by atoms with Gasteiger partial charge in [-0.25, -0.2) is 4.39 Å². The molecule has 72 valence electrons. The summed E-state index contributed by atoms with van der Waals surface area (Å²) in [6.07, 6.45) is 3.25. The first kappa shape index (κ1) is 10.2. The lowest BCUT2D eigenvalue weighted by Crippen LogP contribution is -2.09. The van der Waals surface area contributed by atoms with Gasteiger partial charge in [0.05, 0.1) is 0 Å². The molecule has 0 aliphatic rings. The third kappa shape index (κ3) is 3.15.